The average Bonchev–Trinajstić information content (AvgIpc) is 2.37. The van der Waals surface area contributed by atoms with Gasteiger partial charge < -0.3 is 10.1 Å². The van der Waals surface area contributed by atoms with Gasteiger partial charge in [0.1, 0.15) is 0 Å². The summed E-state index contributed by atoms with van der Waals surface area (Å²) in [6, 6.07) is 5.64. The molecule has 2 rings (SSSR count). The summed E-state index contributed by atoms with van der Waals surface area (Å²) in [7, 11) is 0. The predicted molar refractivity (Wildman–Crippen MR) is 69.4 cm³/mol. The molecule has 5 heteroatoms. The van der Waals surface area contributed by atoms with Crippen LogP contribution in [0.2, 0.25) is 0 Å². The number of anilines is 1. The molecule has 0 spiro atoms. The topological polar surface area (TPSA) is 59.9 Å². The van der Waals surface area contributed by atoms with E-state index < -0.39 is 0 Å². The van der Waals surface area contributed by atoms with Gasteiger partial charge in [-0.2, -0.15) is 4.98 Å². The third kappa shape index (κ3) is 3.69. The van der Waals surface area contributed by atoms with Gasteiger partial charge in [0.2, 0.25) is 11.8 Å². The van der Waals surface area contributed by atoms with E-state index in [0.717, 1.165) is 5.56 Å². The molecule has 5 nitrogen and oxygen atoms in total. The van der Waals surface area contributed by atoms with Crippen molar-refractivity contribution in [2.24, 2.45) is 0 Å². The number of hydrogen-bond donors (Lipinski definition) is 1. The molecule has 18 heavy (non-hydrogen) atoms. The minimum absolute atomic E-state index is 0.105. The summed E-state index contributed by atoms with van der Waals surface area (Å²) in [5.74, 6) is 1.14. The lowest BCUT2D eigenvalue weighted by atomic mass is 10.3. The maximum Gasteiger partial charge on any atom is 0.226 e. The zero-order chi connectivity index (χ0) is 12.8. The van der Waals surface area contributed by atoms with Crippen LogP contribution in [0.1, 0.15) is 19.4 Å². The van der Waals surface area contributed by atoms with Crippen molar-refractivity contribution in [2.45, 2.75) is 26.5 Å². The van der Waals surface area contributed by atoms with Gasteiger partial charge in [-0.15, -0.1) is 0 Å². The highest BCUT2D eigenvalue weighted by Crippen LogP contribution is 2.10. The van der Waals surface area contributed by atoms with Gasteiger partial charge in [-0.05, 0) is 31.5 Å². The van der Waals surface area contributed by atoms with E-state index in [4.69, 9.17) is 4.74 Å². The molecule has 0 saturated heterocycles. The lowest BCUT2D eigenvalue weighted by Gasteiger charge is -2.10. The fourth-order valence-corrected chi connectivity index (χ4v) is 1.42. The van der Waals surface area contributed by atoms with Gasteiger partial charge in [0.05, 0.1) is 6.10 Å². The maximum atomic E-state index is 5.51. The van der Waals surface area contributed by atoms with Crippen LogP contribution in [0, 0.1) is 0 Å². The van der Waals surface area contributed by atoms with Crippen LogP contribution >= 0.6 is 0 Å². The molecule has 2 aromatic rings. The molecular weight excluding hydrogens is 228 g/mol. The van der Waals surface area contributed by atoms with Crippen molar-refractivity contribution in [2.75, 3.05) is 5.32 Å². The van der Waals surface area contributed by atoms with E-state index in [2.05, 4.69) is 20.3 Å². The number of nitrogens with zero attached hydrogens (tertiary/aromatic N) is 3. The van der Waals surface area contributed by atoms with Gasteiger partial charge in [-0.25, -0.2) is 4.98 Å². The Labute approximate surface area is 106 Å². The molecule has 2 aromatic heterocycles. The van der Waals surface area contributed by atoms with Crippen LogP contribution < -0.4 is 10.1 Å². The number of hydrogen-bond acceptors (Lipinski definition) is 5. The summed E-state index contributed by atoms with van der Waals surface area (Å²) < 4.78 is 5.51. The smallest absolute Gasteiger partial charge is 0.226 e. The van der Waals surface area contributed by atoms with Crippen LogP contribution in [-0.2, 0) is 6.54 Å². The Kier molecular flexibility index (Phi) is 4.06. The minimum atomic E-state index is 0.105. The van der Waals surface area contributed by atoms with Gasteiger partial charge in [0.15, 0.2) is 0 Å². The number of aromatic nitrogens is 3. The molecule has 1 N–H and O–H groups in total. The Balaban J connectivity index is 1.97. The number of rotatable bonds is 5. The summed E-state index contributed by atoms with van der Waals surface area (Å²) in [5.41, 5.74) is 1.13. The molecule has 0 aliphatic rings. The van der Waals surface area contributed by atoms with Gasteiger partial charge in [0.25, 0.3) is 0 Å². The molecule has 0 radical (unpaired) electrons. The van der Waals surface area contributed by atoms with Crippen LogP contribution in [0.25, 0.3) is 0 Å². The van der Waals surface area contributed by atoms with E-state index >= 15 is 0 Å². The van der Waals surface area contributed by atoms with Gasteiger partial charge in [0, 0.05) is 31.2 Å². The average molecular weight is 244 g/mol. The van der Waals surface area contributed by atoms with Crippen molar-refractivity contribution < 1.29 is 4.74 Å². The normalized spacial score (nSPS) is 10.4. The van der Waals surface area contributed by atoms with Crippen LogP contribution in [0.5, 0.6) is 5.88 Å². The van der Waals surface area contributed by atoms with Crippen molar-refractivity contribution in [3.63, 3.8) is 0 Å². The summed E-state index contributed by atoms with van der Waals surface area (Å²) in [5, 5.41) is 3.14. The third-order valence-electron chi connectivity index (χ3n) is 2.19. The van der Waals surface area contributed by atoms with E-state index in [1.54, 1.807) is 24.7 Å². The lowest BCUT2D eigenvalue weighted by Crippen LogP contribution is -2.09. The summed E-state index contributed by atoms with van der Waals surface area (Å²) >= 11 is 0. The molecule has 0 bridgehead atoms. The minimum Gasteiger partial charge on any atom is -0.475 e. The van der Waals surface area contributed by atoms with E-state index in [1.165, 1.54) is 0 Å². The zero-order valence-corrected chi connectivity index (χ0v) is 10.5. The zero-order valence-electron chi connectivity index (χ0n) is 10.5. The van der Waals surface area contributed by atoms with Crippen molar-refractivity contribution >= 4 is 5.95 Å². The molecular formula is C13H16N4O. The molecule has 0 aliphatic heterocycles. The molecule has 0 amide bonds. The second kappa shape index (κ2) is 5.95. The van der Waals surface area contributed by atoms with Crippen molar-refractivity contribution in [3.05, 3.63) is 42.4 Å². The van der Waals surface area contributed by atoms with Gasteiger partial charge in [-0.1, -0.05) is 0 Å². The number of pyridine rings is 1. The first-order valence-corrected chi connectivity index (χ1v) is 5.86. The first-order chi connectivity index (χ1) is 8.74. The van der Waals surface area contributed by atoms with Crippen LogP contribution in [0.4, 0.5) is 5.95 Å². The predicted octanol–water partition coefficient (Wildman–Crippen LogP) is 2.27. The van der Waals surface area contributed by atoms with Gasteiger partial charge in [-0.3, -0.25) is 4.98 Å². The first kappa shape index (κ1) is 12.3. The molecule has 94 valence electrons. The highest BCUT2D eigenvalue weighted by atomic mass is 16.5. The Morgan fingerprint density at radius 1 is 1.17 bits per heavy atom. The monoisotopic (exact) mass is 244 g/mol. The molecule has 0 atom stereocenters. The Morgan fingerprint density at radius 3 is 2.67 bits per heavy atom. The largest absolute Gasteiger partial charge is 0.475 e. The Hall–Kier alpha value is -2.17. The molecule has 0 aliphatic carbocycles. The first-order valence-electron chi connectivity index (χ1n) is 5.86. The third-order valence-corrected chi connectivity index (χ3v) is 2.19. The Morgan fingerprint density at radius 2 is 1.94 bits per heavy atom. The van der Waals surface area contributed by atoms with E-state index in [0.29, 0.717) is 18.4 Å². The fourth-order valence-electron chi connectivity index (χ4n) is 1.42. The van der Waals surface area contributed by atoms with Crippen molar-refractivity contribution in [3.8, 4) is 5.88 Å². The lowest BCUT2D eigenvalue weighted by molar-refractivity contribution is 0.232. The maximum absolute atomic E-state index is 5.51. The summed E-state index contributed by atoms with van der Waals surface area (Å²) in [6.07, 6.45) is 5.30. The number of nitrogens with one attached hydrogen (secondary N) is 1. The van der Waals surface area contributed by atoms with Crippen molar-refractivity contribution in [1.82, 2.24) is 15.0 Å². The van der Waals surface area contributed by atoms with Crippen LogP contribution in [0.3, 0.4) is 0 Å². The van der Waals surface area contributed by atoms with E-state index in [9.17, 15) is 0 Å². The van der Waals surface area contributed by atoms with Crippen molar-refractivity contribution in [1.29, 1.82) is 0 Å². The SMILES string of the molecule is CC(C)Oc1ccnc(NCc2ccncc2)n1. The molecule has 0 fully saturated rings. The van der Waals surface area contributed by atoms with E-state index in [1.807, 2.05) is 26.0 Å². The quantitative estimate of drug-likeness (QED) is 0.874. The fraction of sp³-hybridized carbons (Fsp3) is 0.308. The Bertz CT molecular complexity index is 487. The molecule has 0 saturated carbocycles. The summed E-state index contributed by atoms with van der Waals surface area (Å²) in [4.78, 5) is 12.4. The standard InChI is InChI=1S/C13H16N4O/c1-10(2)18-12-5-8-15-13(17-12)16-9-11-3-6-14-7-4-11/h3-8,10H,9H2,1-2H3,(H,15,16,17). The molecule has 2 heterocycles. The highest BCUT2D eigenvalue weighted by molar-refractivity contribution is 5.29. The number of ether oxygens (including phenoxy) is 1. The van der Waals surface area contributed by atoms with Crippen LogP contribution in [-0.4, -0.2) is 21.1 Å². The molecule has 0 aromatic carbocycles. The van der Waals surface area contributed by atoms with E-state index in [-0.39, 0.29) is 6.10 Å². The second-order valence-electron chi connectivity index (χ2n) is 4.09. The second-order valence-corrected chi connectivity index (χ2v) is 4.09. The van der Waals surface area contributed by atoms with Crippen LogP contribution in [0.15, 0.2) is 36.8 Å². The summed E-state index contributed by atoms with van der Waals surface area (Å²) in [6.45, 7) is 4.59. The highest BCUT2D eigenvalue weighted by Gasteiger charge is 2.02. The van der Waals surface area contributed by atoms with Gasteiger partial charge >= 0.3 is 0 Å². The molecule has 0 unspecified atom stereocenters.